The summed E-state index contributed by atoms with van der Waals surface area (Å²) in [5, 5.41) is 4.13. The number of amides is 2. The number of nitrogens with zero attached hydrogens (tertiary/aromatic N) is 2. The van der Waals surface area contributed by atoms with E-state index >= 15 is 0 Å². The maximum absolute atomic E-state index is 12.4. The molecule has 1 N–H and O–H groups in total. The van der Waals surface area contributed by atoms with Crippen LogP contribution in [0.1, 0.15) is 43.5 Å². The molecule has 26 heavy (non-hydrogen) atoms. The fourth-order valence-electron chi connectivity index (χ4n) is 4.10. The number of rotatable bonds is 6. The van der Waals surface area contributed by atoms with E-state index in [0.717, 1.165) is 36.2 Å². The Balaban J connectivity index is 1.22. The van der Waals surface area contributed by atoms with Gasteiger partial charge in [-0.2, -0.15) is 0 Å². The summed E-state index contributed by atoms with van der Waals surface area (Å²) in [7, 11) is 0. The normalized spacial score (nSPS) is 21.0. The Morgan fingerprint density at radius 1 is 1.27 bits per heavy atom. The van der Waals surface area contributed by atoms with Crippen molar-refractivity contribution in [2.75, 3.05) is 13.1 Å². The Morgan fingerprint density at radius 2 is 2.08 bits per heavy atom. The quantitative estimate of drug-likeness (QED) is 0.794. The van der Waals surface area contributed by atoms with Crippen molar-refractivity contribution in [3.63, 3.8) is 0 Å². The first-order valence-corrected chi connectivity index (χ1v) is 10.4. The van der Waals surface area contributed by atoms with E-state index < -0.39 is 0 Å². The lowest BCUT2D eigenvalue weighted by Gasteiger charge is -2.23. The first-order chi connectivity index (χ1) is 12.7. The minimum atomic E-state index is -0.175. The van der Waals surface area contributed by atoms with Crippen LogP contribution in [0.25, 0.3) is 10.2 Å². The van der Waals surface area contributed by atoms with E-state index in [0.29, 0.717) is 25.6 Å². The number of para-hydroxylation sites is 1. The van der Waals surface area contributed by atoms with Crippen LogP contribution in [0.2, 0.25) is 0 Å². The maximum atomic E-state index is 12.4. The number of thiazole rings is 1. The zero-order valence-electron chi connectivity index (χ0n) is 14.9. The van der Waals surface area contributed by atoms with Crippen molar-refractivity contribution in [3.8, 4) is 0 Å². The molecule has 1 aromatic heterocycles. The lowest BCUT2D eigenvalue weighted by Crippen LogP contribution is -2.37. The van der Waals surface area contributed by atoms with E-state index in [2.05, 4.69) is 16.4 Å². The Kier molecular flexibility index (Phi) is 5.20. The molecule has 2 aliphatic rings. The highest BCUT2D eigenvalue weighted by molar-refractivity contribution is 7.18. The van der Waals surface area contributed by atoms with Crippen LogP contribution in [-0.4, -0.2) is 40.8 Å². The van der Waals surface area contributed by atoms with Gasteiger partial charge in [-0.05, 0) is 31.4 Å². The van der Waals surface area contributed by atoms with Crippen LogP contribution in [0, 0.1) is 5.92 Å². The predicted octanol–water partition coefficient (Wildman–Crippen LogP) is 3.14. The van der Waals surface area contributed by atoms with Gasteiger partial charge in [-0.3, -0.25) is 9.59 Å². The van der Waals surface area contributed by atoms with E-state index in [9.17, 15) is 9.59 Å². The van der Waals surface area contributed by atoms with Gasteiger partial charge in [0.25, 0.3) is 0 Å². The average molecular weight is 372 g/mol. The predicted molar refractivity (Wildman–Crippen MR) is 103 cm³/mol. The number of carbonyl (C=O) groups is 2. The molecule has 6 heteroatoms. The average Bonchev–Trinajstić information content (AvgIpc) is 3.37. The number of nitrogens with one attached hydrogen (secondary N) is 1. The second kappa shape index (κ2) is 7.74. The van der Waals surface area contributed by atoms with Crippen molar-refractivity contribution in [1.29, 1.82) is 0 Å². The maximum Gasteiger partial charge on any atom is 0.225 e. The van der Waals surface area contributed by atoms with Gasteiger partial charge >= 0.3 is 0 Å². The van der Waals surface area contributed by atoms with Crippen LogP contribution in [0.3, 0.4) is 0 Å². The first-order valence-electron chi connectivity index (χ1n) is 9.62. The monoisotopic (exact) mass is 371 g/mol. The second-order valence-electron chi connectivity index (χ2n) is 7.36. The Bertz CT molecular complexity index is 764. The fourth-order valence-corrected chi connectivity index (χ4v) is 5.11. The van der Waals surface area contributed by atoms with Gasteiger partial charge < -0.3 is 10.2 Å². The van der Waals surface area contributed by atoms with E-state index in [4.69, 9.17) is 0 Å². The van der Waals surface area contributed by atoms with Crippen LogP contribution in [0.15, 0.2) is 24.3 Å². The summed E-state index contributed by atoms with van der Waals surface area (Å²) >= 11 is 1.72. The molecule has 1 aliphatic carbocycles. The van der Waals surface area contributed by atoms with Gasteiger partial charge in [0, 0.05) is 32.0 Å². The van der Waals surface area contributed by atoms with Gasteiger partial charge in [0.15, 0.2) is 0 Å². The molecule has 2 heterocycles. The Hall–Kier alpha value is -1.95. The smallest absolute Gasteiger partial charge is 0.225 e. The third-order valence-corrected chi connectivity index (χ3v) is 6.60. The highest BCUT2D eigenvalue weighted by Crippen LogP contribution is 2.29. The SMILES string of the molecule is O=C(NCCCc1nc2ccccc2s1)C1CC(=O)N(C2CCCC2)C1. The van der Waals surface area contributed by atoms with Crippen LogP contribution in [-0.2, 0) is 16.0 Å². The van der Waals surface area contributed by atoms with Crippen LogP contribution in [0.5, 0.6) is 0 Å². The lowest BCUT2D eigenvalue weighted by molar-refractivity contribution is -0.130. The zero-order chi connectivity index (χ0) is 17.9. The Morgan fingerprint density at radius 3 is 2.88 bits per heavy atom. The number of fused-ring (bicyclic) bond motifs is 1. The second-order valence-corrected chi connectivity index (χ2v) is 8.47. The molecule has 0 bridgehead atoms. The summed E-state index contributed by atoms with van der Waals surface area (Å²) in [5.74, 6) is 0.0141. The summed E-state index contributed by atoms with van der Waals surface area (Å²) in [6.07, 6.45) is 6.73. The summed E-state index contributed by atoms with van der Waals surface area (Å²) in [4.78, 5) is 31.2. The molecule has 1 atom stereocenters. The third kappa shape index (κ3) is 3.75. The van der Waals surface area contributed by atoms with Crippen molar-refractivity contribution >= 4 is 33.4 Å². The molecule has 2 amide bonds. The molecule has 1 aromatic carbocycles. The van der Waals surface area contributed by atoms with Crippen molar-refractivity contribution in [3.05, 3.63) is 29.3 Å². The van der Waals surface area contributed by atoms with Crippen LogP contribution < -0.4 is 5.32 Å². The fraction of sp³-hybridized carbons (Fsp3) is 0.550. The summed E-state index contributed by atoms with van der Waals surface area (Å²) in [6, 6.07) is 8.53. The Labute approximate surface area is 157 Å². The van der Waals surface area contributed by atoms with E-state index in [1.807, 2.05) is 23.1 Å². The van der Waals surface area contributed by atoms with E-state index in [1.54, 1.807) is 11.3 Å². The minimum absolute atomic E-state index is 0.0307. The standard InChI is InChI=1S/C20H25N3O2S/c24-19-12-14(13-23(19)15-6-1-2-7-15)20(25)21-11-5-10-18-22-16-8-3-4-9-17(16)26-18/h3-4,8-9,14-15H,1-2,5-7,10-13H2,(H,21,25). The van der Waals surface area contributed by atoms with Crippen molar-refractivity contribution in [2.45, 2.75) is 51.0 Å². The molecule has 1 unspecified atom stereocenters. The molecular weight excluding hydrogens is 346 g/mol. The number of aromatic nitrogens is 1. The van der Waals surface area contributed by atoms with Crippen LogP contribution in [0.4, 0.5) is 0 Å². The molecular formula is C20H25N3O2S. The molecule has 1 aliphatic heterocycles. The first kappa shape index (κ1) is 17.5. The largest absolute Gasteiger partial charge is 0.356 e. The number of benzene rings is 1. The summed E-state index contributed by atoms with van der Waals surface area (Å²) in [5.41, 5.74) is 1.05. The minimum Gasteiger partial charge on any atom is -0.356 e. The molecule has 2 fully saturated rings. The van der Waals surface area contributed by atoms with Gasteiger partial charge in [0.05, 0.1) is 21.1 Å². The molecule has 1 saturated heterocycles. The number of carbonyl (C=O) groups excluding carboxylic acids is 2. The molecule has 138 valence electrons. The number of hydrogen-bond acceptors (Lipinski definition) is 4. The third-order valence-electron chi connectivity index (χ3n) is 5.50. The number of likely N-dealkylation sites (tertiary alicyclic amines) is 1. The van der Waals surface area contributed by atoms with Gasteiger partial charge in [0.1, 0.15) is 0 Å². The molecule has 1 saturated carbocycles. The summed E-state index contributed by atoms with van der Waals surface area (Å²) in [6.45, 7) is 1.25. The van der Waals surface area contributed by atoms with Crippen LogP contribution >= 0.6 is 11.3 Å². The summed E-state index contributed by atoms with van der Waals surface area (Å²) < 4.78 is 1.21. The lowest BCUT2D eigenvalue weighted by atomic mass is 10.1. The van der Waals surface area contributed by atoms with Gasteiger partial charge in [0.2, 0.25) is 11.8 Å². The topological polar surface area (TPSA) is 62.3 Å². The molecule has 4 rings (SSSR count). The molecule has 0 spiro atoms. The number of hydrogen-bond donors (Lipinski definition) is 1. The van der Waals surface area contributed by atoms with Crippen molar-refractivity contribution < 1.29 is 9.59 Å². The highest BCUT2D eigenvalue weighted by atomic mass is 32.1. The van der Waals surface area contributed by atoms with E-state index in [1.165, 1.54) is 17.5 Å². The van der Waals surface area contributed by atoms with Crippen molar-refractivity contribution in [1.82, 2.24) is 15.2 Å². The zero-order valence-corrected chi connectivity index (χ0v) is 15.8. The van der Waals surface area contributed by atoms with Gasteiger partial charge in [-0.25, -0.2) is 4.98 Å². The van der Waals surface area contributed by atoms with E-state index in [-0.39, 0.29) is 17.7 Å². The highest BCUT2D eigenvalue weighted by Gasteiger charge is 2.38. The molecule has 2 aromatic rings. The van der Waals surface area contributed by atoms with Crippen molar-refractivity contribution in [2.24, 2.45) is 5.92 Å². The van der Waals surface area contributed by atoms with Gasteiger partial charge in [-0.15, -0.1) is 11.3 Å². The molecule has 5 nitrogen and oxygen atoms in total. The molecule has 0 radical (unpaired) electrons. The van der Waals surface area contributed by atoms with Gasteiger partial charge in [-0.1, -0.05) is 25.0 Å². The number of aryl methyl sites for hydroxylation is 1.